The minimum absolute atomic E-state index is 0. The average Bonchev–Trinajstić information content (AvgIpc) is 3.31. The SMILES string of the molecule is Cc1ccc2sc(N(CCN(C)C)C(=O)c3ccc(S(=O)(=O)N(CCC#N)CCC#N)cc3)nc2c1C.Cl. The Morgan fingerprint density at radius 3 is 2.11 bits per heavy atom. The van der Waals surface area contributed by atoms with Crippen LogP contribution in [0.1, 0.15) is 34.3 Å². The number of anilines is 1. The lowest BCUT2D eigenvalue weighted by molar-refractivity contribution is 0.0985. The minimum atomic E-state index is -3.92. The molecule has 0 spiro atoms. The lowest BCUT2D eigenvalue weighted by Crippen LogP contribution is -2.37. The Hall–Kier alpha value is -3.06. The van der Waals surface area contributed by atoms with Gasteiger partial charge in [-0.15, -0.1) is 12.4 Å². The molecule has 3 aromatic rings. The van der Waals surface area contributed by atoms with Gasteiger partial charge in [0.2, 0.25) is 10.0 Å². The van der Waals surface area contributed by atoms with E-state index in [1.807, 2.05) is 57.1 Å². The van der Waals surface area contributed by atoms with Crippen molar-refractivity contribution in [3.63, 3.8) is 0 Å². The molecule has 0 fully saturated rings. The summed E-state index contributed by atoms with van der Waals surface area (Å²) in [6, 6.07) is 13.7. The molecule has 2 aromatic carbocycles. The number of aryl methyl sites for hydroxylation is 2. The Labute approximate surface area is 234 Å². The zero-order chi connectivity index (χ0) is 27.2. The molecular weight excluding hydrogens is 544 g/mol. The summed E-state index contributed by atoms with van der Waals surface area (Å²) in [6.07, 6.45) is 0.0342. The molecule has 0 unspecified atom stereocenters. The number of amides is 1. The third kappa shape index (κ3) is 7.07. The number of halogens is 1. The van der Waals surface area contributed by atoms with Crippen molar-refractivity contribution in [3.8, 4) is 12.1 Å². The highest BCUT2D eigenvalue weighted by molar-refractivity contribution is 7.89. The first-order valence-corrected chi connectivity index (χ1v) is 14.0. The molecule has 0 aliphatic heterocycles. The molecule has 1 aromatic heterocycles. The van der Waals surface area contributed by atoms with Gasteiger partial charge in [-0.05, 0) is 69.4 Å². The first-order chi connectivity index (χ1) is 17.6. The number of hydrogen-bond donors (Lipinski definition) is 0. The fourth-order valence-electron chi connectivity index (χ4n) is 3.69. The maximum atomic E-state index is 13.6. The predicted molar refractivity (Wildman–Crippen MR) is 152 cm³/mol. The van der Waals surface area contributed by atoms with Gasteiger partial charge in [0.25, 0.3) is 5.91 Å². The lowest BCUT2D eigenvalue weighted by Gasteiger charge is -2.22. The number of hydrogen-bond acceptors (Lipinski definition) is 8. The summed E-state index contributed by atoms with van der Waals surface area (Å²) >= 11 is 1.45. The van der Waals surface area contributed by atoms with E-state index in [4.69, 9.17) is 15.5 Å². The van der Waals surface area contributed by atoms with Gasteiger partial charge in [-0.3, -0.25) is 9.69 Å². The van der Waals surface area contributed by atoms with E-state index in [1.54, 1.807) is 4.90 Å². The molecule has 38 heavy (non-hydrogen) atoms. The van der Waals surface area contributed by atoms with Gasteiger partial charge in [-0.25, -0.2) is 13.4 Å². The molecule has 202 valence electrons. The summed E-state index contributed by atoms with van der Waals surface area (Å²) in [5, 5.41) is 18.4. The number of thiazole rings is 1. The van der Waals surface area contributed by atoms with Crippen LogP contribution < -0.4 is 4.90 Å². The van der Waals surface area contributed by atoms with Gasteiger partial charge in [0.05, 0.1) is 27.3 Å². The van der Waals surface area contributed by atoms with Crippen LogP contribution in [0.4, 0.5) is 5.13 Å². The summed E-state index contributed by atoms with van der Waals surface area (Å²) in [4.78, 5) is 22.0. The number of nitriles is 2. The van der Waals surface area contributed by atoms with Crippen LogP contribution in [0.15, 0.2) is 41.3 Å². The number of rotatable bonds is 11. The summed E-state index contributed by atoms with van der Waals surface area (Å²) < 4.78 is 28.4. The van der Waals surface area contributed by atoms with E-state index in [-0.39, 0.29) is 49.1 Å². The van der Waals surface area contributed by atoms with Crippen LogP contribution in [0, 0.1) is 36.5 Å². The topological polar surface area (TPSA) is 121 Å². The lowest BCUT2D eigenvalue weighted by atomic mass is 10.1. The van der Waals surface area contributed by atoms with Crippen LogP contribution in [0.5, 0.6) is 0 Å². The predicted octanol–water partition coefficient (Wildman–Crippen LogP) is 4.36. The number of benzene rings is 2. The average molecular weight is 575 g/mol. The second kappa shape index (κ2) is 13.7. The number of likely N-dealkylation sites (N-methyl/N-ethyl adjacent to an activating group) is 1. The molecule has 0 aliphatic rings. The Kier molecular flexibility index (Phi) is 11.2. The van der Waals surface area contributed by atoms with Crippen LogP contribution in [-0.4, -0.2) is 68.8 Å². The van der Waals surface area contributed by atoms with Gasteiger partial charge in [0, 0.05) is 44.6 Å². The quantitative estimate of drug-likeness (QED) is 0.333. The molecule has 0 saturated heterocycles. The Morgan fingerprint density at radius 1 is 0.947 bits per heavy atom. The van der Waals surface area contributed by atoms with Gasteiger partial charge in [0.15, 0.2) is 5.13 Å². The summed E-state index contributed by atoms with van der Waals surface area (Å²) in [6.45, 7) is 5.08. The highest BCUT2D eigenvalue weighted by Crippen LogP contribution is 2.32. The zero-order valence-corrected chi connectivity index (χ0v) is 24.3. The number of fused-ring (bicyclic) bond motifs is 1. The zero-order valence-electron chi connectivity index (χ0n) is 21.8. The molecule has 12 heteroatoms. The number of aromatic nitrogens is 1. The number of nitrogens with zero attached hydrogens (tertiary/aromatic N) is 6. The molecule has 0 N–H and O–H groups in total. The number of sulfonamides is 1. The standard InChI is InChI=1S/C26H30N6O3S2.ClH/c1-19-7-12-23-24(20(19)2)29-26(36-23)32(18-17-30(3)4)25(33)21-8-10-22(11-9-21)37(34,35)31(15-5-13-27)16-6-14-28;/h7-12H,5-6,15-18H2,1-4H3;1H. The molecule has 0 bridgehead atoms. The van der Waals surface area contributed by atoms with Gasteiger partial charge in [0.1, 0.15) is 0 Å². The largest absolute Gasteiger partial charge is 0.308 e. The number of carbonyl (C=O) groups is 1. The van der Waals surface area contributed by atoms with Crippen LogP contribution in [-0.2, 0) is 10.0 Å². The molecule has 0 aliphatic carbocycles. The van der Waals surface area contributed by atoms with Crippen molar-refractivity contribution in [2.75, 3.05) is 45.2 Å². The van der Waals surface area contributed by atoms with Gasteiger partial charge < -0.3 is 4.90 Å². The summed E-state index contributed by atoms with van der Waals surface area (Å²) in [7, 11) is -0.0606. The van der Waals surface area contributed by atoms with E-state index in [1.165, 1.54) is 35.6 Å². The maximum Gasteiger partial charge on any atom is 0.260 e. The molecule has 0 radical (unpaired) electrons. The van der Waals surface area contributed by atoms with Crippen molar-refractivity contribution < 1.29 is 13.2 Å². The van der Waals surface area contributed by atoms with Crippen molar-refractivity contribution >= 4 is 55.0 Å². The van der Waals surface area contributed by atoms with Crippen molar-refractivity contribution in [2.24, 2.45) is 0 Å². The summed E-state index contributed by atoms with van der Waals surface area (Å²) in [5.41, 5.74) is 3.42. The highest BCUT2D eigenvalue weighted by atomic mass is 35.5. The molecule has 1 amide bonds. The Morgan fingerprint density at radius 2 is 1.55 bits per heavy atom. The normalized spacial score (nSPS) is 11.3. The van der Waals surface area contributed by atoms with Gasteiger partial charge >= 0.3 is 0 Å². The first kappa shape index (κ1) is 31.2. The molecular formula is C26H31ClN6O3S2. The maximum absolute atomic E-state index is 13.6. The molecule has 0 saturated carbocycles. The van der Waals surface area contributed by atoms with E-state index in [2.05, 4.69) is 0 Å². The van der Waals surface area contributed by atoms with E-state index < -0.39 is 10.0 Å². The van der Waals surface area contributed by atoms with Crippen LogP contribution >= 0.6 is 23.7 Å². The third-order valence-electron chi connectivity index (χ3n) is 6.01. The van der Waals surface area contributed by atoms with Crippen LogP contribution in [0.2, 0.25) is 0 Å². The molecule has 9 nitrogen and oxygen atoms in total. The van der Waals surface area contributed by atoms with Gasteiger partial charge in [-0.1, -0.05) is 17.4 Å². The van der Waals surface area contributed by atoms with Crippen molar-refractivity contribution in [2.45, 2.75) is 31.6 Å². The number of carbonyl (C=O) groups excluding carboxylic acids is 1. The Balaban J connectivity index is 0.00000507. The first-order valence-electron chi connectivity index (χ1n) is 11.8. The van der Waals surface area contributed by atoms with Crippen molar-refractivity contribution in [3.05, 3.63) is 53.1 Å². The Bertz CT molecular complexity index is 1440. The third-order valence-corrected chi connectivity index (χ3v) is 8.96. The van der Waals surface area contributed by atoms with Crippen molar-refractivity contribution in [1.82, 2.24) is 14.2 Å². The smallest absolute Gasteiger partial charge is 0.260 e. The summed E-state index contributed by atoms with van der Waals surface area (Å²) in [5.74, 6) is -0.273. The molecule has 3 rings (SSSR count). The monoisotopic (exact) mass is 574 g/mol. The minimum Gasteiger partial charge on any atom is -0.308 e. The molecule has 0 atom stereocenters. The van der Waals surface area contributed by atoms with Crippen molar-refractivity contribution in [1.29, 1.82) is 10.5 Å². The van der Waals surface area contributed by atoms with E-state index >= 15 is 0 Å². The molecule has 1 heterocycles. The second-order valence-electron chi connectivity index (χ2n) is 8.86. The fraction of sp³-hybridized carbons (Fsp3) is 0.385. The van der Waals surface area contributed by atoms with Crippen LogP contribution in [0.25, 0.3) is 10.2 Å². The van der Waals surface area contributed by atoms with E-state index in [9.17, 15) is 13.2 Å². The highest BCUT2D eigenvalue weighted by Gasteiger charge is 2.26. The second-order valence-corrected chi connectivity index (χ2v) is 11.8. The van der Waals surface area contributed by atoms with Gasteiger partial charge in [-0.2, -0.15) is 14.8 Å². The fourth-order valence-corrected chi connectivity index (χ4v) is 6.18. The van der Waals surface area contributed by atoms with E-state index in [0.717, 1.165) is 25.6 Å². The van der Waals surface area contributed by atoms with E-state index in [0.29, 0.717) is 23.8 Å². The van der Waals surface area contributed by atoms with Crippen LogP contribution in [0.3, 0.4) is 0 Å².